The van der Waals surface area contributed by atoms with Gasteiger partial charge in [-0.05, 0) is 36.6 Å². The summed E-state index contributed by atoms with van der Waals surface area (Å²) in [6, 6.07) is 8.34. The van der Waals surface area contributed by atoms with Gasteiger partial charge in [0.1, 0.15) is 0 Å². The van der Waals surface area contributed by atoms with Crippen LogP contribution in [0, 0.1) is 0 Å². The Hall–Kier alpha value is -1.78. The van der Waals surface area contributed by atoms with Crippen molar-refractivity contribution in [2.45, 2.75) is 18.9 Å². The van der Waals surface area contributed by atoms with Crippen molar-refractivity contribution in [3.63, 3.8) is 0 Å². The molecule has 1 aromatic heterocycles. The molecule has 1 aliphatic heterocycles. The molecule has 0 aliphatic carbocycles. The highest BCUT2D eigenvalue weighted by atomic mass is 35.5. The first-order chi connectivity index (χ1) is 10.6. The molecule has 6 heteroatoms. The van der Waals surface area contributed by atoms with E-state index in [2.05, 4.69) is 4.98 Å². The highest BCUT2D eigenvalue weighted by Crippen LogP contribution is 2.35. The van der Waals surface area contributed by atoms with Gasteiger partial charge in [-0.15, -0.1) is 0 Å². The summed E-state index contributed by atoms with van der Waals surface area (Å²) in [5.41, 5.74) is 1.08. The Morgan fingerprint density at radius 1 is 1.18 bits per heavy atom. The Bertz CT molecular complexity index is 773. The van der Waals surface area contributed by atoms with Crippen LogP contribution in [0.15, 0.2) is 41.3 Å². The first kappa shape index (κ1) is 15.1. The van der Waals surface area contributed by atoms with Crippen molar-refractivity contribution in [1.29, 1.82) is 0 Å². The smallest absolute Gasteiger partial charge is 0.254 e. The molecule has 1 saturated heterocycles. The highest BCUT2D eigenvalue weighted by molar-refractivity contribution is 6.42. The second kappa shape index (κ2) is 6.15. The molecule has 0 saturated carbocycles. The van der Waals surface area contributed by atoms with Gasteiger partial charge < -0.3 is 9.88 Å². The number of carbonyl (C=O) groups is 1. The standard InChI is InChI=1S/C16H14Cl2N2O2/c17-12-4-3-10(8-13(12)18)14-2-1-7-20(14)16(22)11-5-6-19-15(21)9-11/h3-6,8-9,14H,1-2,7H2,(H,19,21). The van der Waals surface area contributed by atoms with Gasteiger partial charge in [-0.25, -0.2) is 0 Å². The average Bonchev–Trinajstić information content (AvgIpc) is 2.98. The zero-order valence-corrected chi connectivity index (χ0v) is 13.2. The summed E-state index contributed by atoms with van der Waals surface area (Å²) in [6.07, 6.45) is 3.27. The van der Waals surface area contributed by atoms with Crippen LogP contribution in [0.25, 0.3) is 0 Å². The Morgan fingerprint density at radius 3 is 2.73 bits per heavy atom. The molecule has 0 bridgehead atoms. The number of amides is 1. The molecule has 114 valence electrons. The number of likely N-dealkylation sites (tertiary alicyclic amines) is 1. The summed E-state index contributed by atoms with van der Waals surface area (Å²) >= 11 is 12.0. The SMILES string of the molecule is O=C(c1cc[nH]c(=O)c1)N1CCCC1c1ccc(Cl)c(Cl)c1. The predicted octanol–water partition coefficient (Wildman–Crippen LogP) is 3.66. The van der Waals surface area contributed by atoms with Crippen LogP contribution < -0.4 is 5.56 Å². The molecule has 1 fully saturated rings. The van der Waals surface area contributed by atoms with Gasteiger partial charge in [0.2, 0.25) is 5.56 Å². The summed E-state index contributed by atoms with van der Waals surface area (Å²) in [7, 11) is 0. The van der Waals surface area contributed by atoms with Crippen molar-refractivity contribution in [2.24, 2.45) is 0 Å². The van der Waals surface area contributed by atoms with Crippen LogP contribution in [0.3, 0.4) is 0 Å². The summed E-state index contributed by atoms with van der Waals surface area (Å²) in [4.78, 5) is 28.3. The van der Waals surface area contributed by atoms with Gasteiger partial charge >= 0.3 is 0 Å². The average molecular weight is 337 g/mol. The molecular formula is C16H14Cl2N2O2. The number of benzene rings is 1. The van der Waals surface area contributed by atoms with E-state index in [0.29, 0.717) is 22.2 Å². The van der Waals surface area contributed by atoms with Gasteiger partial charge in [0.25, 0.3) is 5.91 Å². The lowest BCUT2D eigenvalue weighted by atomic mass is 10.0. The second-order valence-corrected chi connectivity index (χ2v) is 6.09. The van der Waals surface area contributed by atoms with Crippen molar-refractivity contribution in [3.8, 4) is 0 Å². The van der Waals surface area contributed by atoms with Crippen LogP contribution in [-0.2, 0) is 0 Å². The predicted molar refractivity (Wildman–Crippen MR) is 86.5 cm³/mol. The number of H-pyrrole nitrogens is 1. The van der Waals surface area contributed by atoms with Gasteiger partial charge in [-0.3, -0.25) is 9.59 Å². The topological polar surface area (TPSA) is 53.2 Å². The van der Waals surface area contributed by atoms with E-state index in [-0.39, 0.29) is 17.5 Å². The van der Waals surface area contributed by atoms with Crippen LogP contribution >= 0.6 is 23.2 Å². The molecule has 0 radical (unpaired) electrons. The van der Waals surface area contributed by atoms with E-state index >= 15 is 0 Å². The molecule has 1 amide bonds. The fraction of sp³-hybridized carbons (Fsp3) is 0.250. The monoisotopic (exact) mass is 336 g/mol. The molecular weight excluding hydrogens is 323 g/mol. The van der Waals surface area contributed by atoms with E-state index < -0.39 is 0 Å². The van der Waals surface area contributed by atoms with E-state index in [1.807, 2.05) is 6.07 Å². The van der Waals surface area contributed by atoms with Crippen LogP contribution in [0.5, 0.6) is 0 Å². The third kappa shape index (κ3) is 2.89. The van der Waals surface area contributed by atoms with Crippen molar-refractivity contribution in [3.05, 3.63) is 68.1 Å². The molecule has 1 aromatic carbocycles. The van der Waals surface area contributed by atoms with Crippen LogP contribution in [0.4, 0.5) is 0 Å². The minimum absolute atomic E-state index is 0.0402. The first-order valence-corrected chi connectivity index (χ1v) is 7.76. The van der Waals surface area contributed by atoms with Crippen molar-refractivity contribution in [1.82, 2.24) is 9.88 Å². The summed E-state index contributed by atoms with van der Waals surface area (Å²) in [6.45, 7) is 0.663. The third-order valence-corrected chi connectivity index (χ3v) is 4.60. The van der Waals surface area contributed by atoms with Gasteiger partial charge in [0.15, 0.2) is 0 Å². The number of aromatic amines is 1. The van der Waals surface area contributed by atoms with Gasteiger partial charge in [-0.2, -0.15) is 0 Å². The maximum atomic E-state index is 12.6. The number of hydrogen-bond acceptors (Lipinski definition) is 2. The molecule has 2 aromatic rings. The number of nitrogens with zero attached hydrogens (tertiary/aromatic N) is 1. The van der Waals surface area contributed by atoms with Crippen LogP contribution in [0.2, 0.25) is 10.0 Å². The van der Waals surface area contributed by atoms with Gasteiger partial charge in [-0.1, -0.05) is 29.3 Å². The normalized spacial score (nSPS) is 17.7. The largest absolute Gasteiger partial charge is 0.332 e. The Kier molecular flexibility index (Phi) is 4.23. The number of pyridine rings is 1. The zero-order valence-electron chi connectivity index (χ0n) is 11.7. The fourth-order valence-electron chi connectivity index (χ4n) is 2.82. The number of carbonyl (C=O) groups excluding carboxylic acids is 1. The van der Waals surface area contributed by atoms with E-state index in [1.54, 1.807) is 23.1 Å². The minimum atomic E-state index is -0.281. The molecule has 2 heterocycles. The van der Waals surface area contributed by atoms with Crippen molar-refractivity contribution in [2.75, 3.05) is 6.54 Å². The number of halogens is 2. The lowest BCUT2D eigenvalue weighted by molar-refractivity contribution is 0.0735. The molecule has 1 atom stereocenters. The summed E-state index contributed by atoms with van der Waals surface area (Å²) < 4.78 is 0. The van der Waals surface area contributed by atoms with E-state index in [4.69, 9.17) is 23.2 Å². The second-order valence-electron chi connectivity index (χ2n) is 5.27. The molecule has 1 aliphatic rings. The maximum absolute atomic E-state index is 12.6. The zero-order chi connectivity index (χ0) is 15.7. The van der Waals surface area contributed by atoms with E-state index in [1.165, 1.54) is 12.3 Å². The number of rotatable bonds is 2. The lowest BCUT2D eigenvalue weighted by Gasteiger charge is -2.25. The first-order valence-electron chi connectivity index (χ1n) is 7.01. The Labute approximate surface area is 137 Å². The van der Waals surface area contributed by atoms with Crippen molar-refractivity contribution >= 4 is 29.1 Å². The van der Waals surface area contributed by atoms with Crippen molar-refractivity contribution < 1.29 is 4.79 Å². The van der Waals surface area contributed by atoms with Crippen LogP contribution in [-0.4, -0.2) is 22.3 Å². The fourth-order valence-corrected chi connectivity index (χ4v) is 3.13. The summed E-state index contributed by atoms with van der Waals surface area (Å²) in [5.74, 6) is -0.139. The molecule has 3 rings (SSSR count). The lowest BCUT2D eigenvalue weighted by Crippen LogP contribution is -2.31. The Balaban J connectivity index is 1.91. The minimum Gasteiger partial charge on any atom is -0.332 e. The molecule has 22 heavy (non-hydrogen) atoms. The Morgan fingerprint density at radius 2 is 2.00 bits per heavy atom. The van der Waals surface area contributed by atoms with E-state index in [9.17, 15) is 9.59 Å². The summed E-state index contributed by atoms with van der Waals surface area (Å²) in [5, 5.41) is 0.977. The number of hydrogen-bond donors (Lipinski definition) is 1. The molecule has 0 spiro atoms. The molecule has 4 nitrogen and oxygen atoms in total. The van der Waals surface area contributed by atoms with E-state index in [0.717, 1.165) is 18.4 Å². The molecule has 1 unspecified atom stereocenters. The van der Waals surface area contributed by atoms with Crippen LogP contribution in [0.1, 0.15) is 34.8 Å². The number of nitrogens with one attached hydrogen (secondary N) is 1. The highest BCUT2D eigenvalue weighted by Gasteiger charge is 2.30. The number of aromatic nitrogens is 1. The maximum Gasteiger partial charge on any atom is 0.254 e. The molecule has 1 N–H and O–H groups in total. The van der Waals surface area contributed by atoms with Gasteiger partial charge in [0.05, 0.1) is 16.1 Å². The third-order valence-electron chi connectivity index (χ3n) is 3.86. The quantitative estimate of drug-likeness (QED) is 0.909. The van der Waals surface area contributed by atoms with Gasteiger partial charge in [0, 0.05) is 24.4 Å².